The molecule has 0 saturated carbocycles. The van der Waals surface area contributed by atoms with Crippen LogP contribution in [0.1, 0.15) is 64.5 Å². The van der Waals surface area contributed by atoms with Gasteiger partial charge >= 0.3 is 6.09 Å². The highest BCUT2D eigenvalue weighted by Gasteiger charge is 2.35. The minimum Gasteiger partial charge on any atom is -0.493 e. The van der Waals surface area contributed by atoms with E-state index in [0.29, 0.717) is 19.7 Å². The second-order valence-electron chi connectivity index (χ2n) is 11.6. The van der Waals surface area contributed by atoms with Crippen molar-refractivity contribution >= 4 is 29.6 Å². The van der Waals surface area contributed by atoms with Gasteiger partial charge in [-0.3, -0.25) is 8.99 Å². The van der Waals surface area contributed by atoms with Gasteiger partial charge in [-0.05, 0) is 70.7 Å². The molecule has 6 rings (SSSR count). The molecule has 2 aromatic heterocycles. The molecule has 3 aromatic rings. The van der Waals surface area contributed by atoms with Gasteiger partial charge in [0.2, 0.25) is 5.95 Å². The third kappa shape index (κ3) is 4.99. The van der Waals surface area contributed by atoms with Crippen molar-refractivity contribution in [3.8, 4) is 16.9 Å². The molecule has 0 aliphatic carbocycles. The molecule has 0 atom stereocenters. The molecule has 1 amide bonds. The zero-order chi connectivity index (χ0) is 27.5. The van der Waals surface area contributed by atoms with E-state index in [0.717, 1.165) is 47.2 Å². The van der Waals surface area contributed by atoms with Gasteiger partial charge in [0.05, 0.1) is 31.4 Å². The number of nitrogens with zero attached hydrogens (tertiary/aromatic N) is 7. The highest BCUT2D eigenvalue weighted by molar-refractivity contribution is 8.04. The topological polar surface area (TPSA) is 90.5 Å². The lowest BCUT2D eigenvalue weighted by Crippen LogP contribution is -2.52. The van der Waals surface area contributed by atoms with Gasteiger partial charge in [-0.2, -0.15) is 15.2 Å². The maximum Gasteiger partial charge on any atom is 0.410 e. The summed E-state index contributed by atoms with van der Waals surface area (Å²) in [5.41, 5.74) is 4.02. The summed E-state index contributed by atoms with van der Waals surface area (Å²) in [4.78, 5) is 20.0. The number of benzene rings is 1. The molecule has 10 nitrogen and oxygen atoms in total. The van der Waals surface area contributed by atoms with Crippen LogP contribution < -0.4 is 9.04 Å². The lowest BCUT2D eigenvalue weighted by atomic mass is 10.00. The first-order valence-electron chi connectivity index (χ1n) is 13.5. The Balaban J connectivity index is 1.17. The van der Waals surface area contributed by atoms with E-state index in [-0.39, 0.29) is 18.2 Å². The fraction of sp³-hybridized carbons (Fsp3) is 0.500. The highest BCUT2D eigenvalue weighted by Crippen LogP contribution is 2.47. The van der Waals surface area contributed by atoms with E-state index in [2.05, 4.69) is 52.7 Å². The standard InChI is InChI=1S/C28H35N7O3S/c1-17(2)35-26(30-18(3)31-35)34-16-23-22-8-7-19(11-24(22)37-10-9-25(23)39-34)20-12-29-33(13-20)21-14-32(15-21)27(36)38-28(4,5)6/h7-8,11-13,17,21H,9-10,14-16H2,1-6H3. The molecule has 1 saturated heterocycles. The summed E-state index contributed by atoms with van der Waals surface area (Å²) < 4.78 is 17.9. The first-order chi connectivity index (χ1) is 18.6. The fourth-order valence-corrected chi connectivity index (χ4v) is 6.17. The van der Waals surface area contributed by atoms with E-state index in [1.807, 2.05) is 43.3 Å². The number of rotatable bonds is 4. The normalized spacial score (nSPS) is 17.6. The van der Waals surface area contributed by atoms with Gasteiger partial charge in [0, 0.05) is 41.7 Å². The first-order valence-corrected chi connectivity index (χ1v) is 14.2. The monoisotopic (exact) mass is 549 g/mol. The van der Waals surface area contributed by atoms with Crippen molar-refractivity contribution in [2.75, 3.05) is 30.5 Å². The van der Waals surface area contributed by atoms with Gasteiger partial charge in [0.25, 0.3) is 0 Å². The molecule has 0 unspecified atom stereocenters. The summed E-state index contributed by atoms with van der Waals surface area (Å²) in [6.45, 7) is 14.4. The van der Waals surface area contributed by atoms with Crippen molar-refractivity contribution in [1.82, 2.24) is 29.4 Å². The van der Waals surface area contributed by atoms with Gasteiger partial charge < -0.3 is 14.4 Å². The van der Waals surface area contributed by atoms with Gasteiger partial charge in [-0.15, -0.1) is 0 Å². The van der Waals surface area contributed by atoms with Crippen molar-refractivity contribution in [3.63, 3.8) is 0 Å². The van der Waals surface area contributed by atoms with E-state index in [9.17, 15) is 4.79 Å². The van der Waals surface area contributed by atoms with Crippen molar-refractivity contribution in [1.29, 1.82) is 0 Å². The van der Waals surface area contributed by atoms with Crippen molar-refractivity contribution in [2.45, 2.75) is 65.6 Å². The number of amides is 1. The Kier molecular flexibility index (Phi) is 6.36. The lowest BCUT2D eigenvalue weighted by molar-refractivity contribution is -0.000383. The Bertz CT molecular complexity index is 1450. The van der Waals surface area contributed by atoms with Crippen LogP contribution in [0, 0.1) is 6.92 Å². The van der Waals surface area contributed by atoms with E-state index in [4.69, 9.17) is 14.5 Å². The fourth-order valence-electron chi connectivity index (χ4n) is 5.04. The van der Waals surface area contributed by atoms with Gasteiger partial charge in [0.15, 0.2) is 0 Å². The first kappa shape index (κ1) is 25.8. The summed E-state index contributed by atoms with van der Waals surface area (Å²) in [6, 6.07) is 6.81. The number of carbonyl (C=O) groups excluding carboxylic acids is 1. The number of aryl methyl sites for hydroxylation is 1. The van der Waals surface area contributed by atoms with Crippen LogP contribution in [0.3, 0.4) is 0 Å². The van der Waals surface area contributed by atoms with Crippen LogP contribution in [0.25, 0.3) is 16.7 Å². The number of likely N-dealkylation sites (tertiary alicyclic amines) is 1. The number of aromatic nitrogens is 5. The molecule has 5 heterocycles. The predicted molar refractivity (Wildman–Crippen MR) is 152 cm³/mol. The average molecular weight is 550 g/mol. The molecule has 0 bridgehead atoms. The molecule has 206 valence electrons. The Morgan fingerprint density at radius 3 is 2.74 bits per heavy atom. The summed E-state index contributed by atoms with van der Waals surface area (Å²) >= 11 is 1.75. The van der Waals surface area contributed by atoms with Crippen LogP contribution in [0.4, 0.5) is 10.7 Å². The molecule has 39 heavy (non-hydrogen) atoms. The predicted octanol–water partition coefficient (Wildman–Crippen LogP) is 5.48. The third-order valence-electron chi connectivity index (χ3n) is 7.01. The van der Waals surface area contributed by atoms with Crippen LogP contribution >= 0.6 is 11.9 Å². The van der Waals surface area contributed by atoms with Gasteiger partial charge in [-0.1, -0.05) is 12.1 Å². The molecular weight excluding hydrogens is 514 g/mol. The number of carbonyl (C=O) groups is 1. The summed E-state index contributed by atoms with van der Waals surface area (Å²) in [5, 5.41) is 9.20. The van der Waals surface area contributed by atoms with E-state index < -0.39 is 5.60 Å². The average Bonchev–Trinajstić information content (AvgIpc) is 3.54. The molecule has 3 aliphatic rings. The summed E-state index contributed by atoms with van der Waals surface area (Å²) in [7, 11) is 0. The van der Waals surface area contributed by atoms with Crippen LogP contribution in [0.2, 0.25) is 0 Å². The number of hydrogen-bond donors (Lipinski definition) is 0. The van der Waals surface area contributed by atoms with Gasteiger partial charge in [-0.25, -0.2) is 9.48 Å². The molecule has 0 radical (unpaired) electrons. The van der Waals surface area contributed by atoms with Crippen molar-refractivity contribution in [3.05, 3.63) is 46.9 Å². The second kappa shape index (κ2) is 9.62. The SMILES string of the molecule is Cc1nc(N2CC3=C(CCOc4cc(-c5cnn(C6CN(C(=O)OC(C)(C)C)C6)c5)ccc43)S2)n(C(C)C)n1. The molecule has 0 N–H and O–H groups in total. The van der Waals surface area contributed by atoms with Crippen LogP contribution in [0.5, 0.6) is 5.75 Å². The molecule has 3 aliphatic heterocycles. The van der Waals surface area contributed by atoms with Crippen molar-refractivity contribution < 1.29 is 14.3 Å². The molecule has 1 aromatic carbocycles. The Labute approximate surface area is 233 Å². The van der Waals surface area contributed by atoms with Crippen LogP contribution in [0.15, 0.2) is 35.5 Å². The second-order valence-corrected chi connectivity index (χ2v) is 12.7. The Morgan fingerprint density at radius 2 is 2.00 bits per heavy atom. The maximum absolute atomic E-state index is 12.3. The van der Waals surface area contributed by atoms with E-state index >= 15 is 0 Å². The Morgan fingerprint density at radius 1 is 1.21 bits per heavy atom. The largest absolute Gasteiger partial charge is 0.493 e. The van der Waals surface area contributed by atoms with Crippen LogP contribution in [-0.4, -0.2) is 67.4 Å². The third-order valence-corrected chi connectivity index (χ3v) is 8.19. The Hall–Kier alpha value is -3.47. The number of ether oxygens (including phenoxy) is 2. The zero-order valence-electron chi connectivity index (χ0n) is 23.3. The number of fused-ring (bicyclic) bond motifs is 2. The van der Waals surface area contributed by atoms with Crippen LogP contribution in [-0.2, 0) is 4.74 Å². The van der Waals surface area contributed by atoms with Gasteiger partial charge in [0.1, 0.15) is 17.2 Å². The number of anilines is 1. The van der Waals surface area contributed by atoms with E-state index in [1.165, 1.54) is 10.5 Å². The minimum atomic E-state index is -0.493. The molecule has 11 heteroatoms. The molecule has 1 fully saturated rings. The zero-order valence-corrected chi connectivity index (χ0v) is 24.2. The summed E-state index contributed by atoms with van der Waals surface area (Å²) in [5.74, 6) is 2.58. The smallest absolute Gasteiger partial charge is 0.410 e. The number of hydrogen-bond acceptors (Lipinski definition) is 8. The lowest BCUT2D eigenvalue weighted by Gasteiger charge is -2.39. The molecule has 0 spiro atoms. The maximum atomic E-state index is 12.3. The molecular formula is C28H35N7O3S. The minimum absolute atomic E-state index is 0.147. The summed E-state index contributed by atoms with van der Waals surface area (Å²) in [6.07, 6.45) is 4.52. The van der Waals surface area contributed by atoms with E-state index in [1.54, 1.807) is 16.8 Å². The highest BCUT2D eigenvalue weighted by atomic mass is 32.2. The van der Waals surface area contributed by atoms with Crippen molar-refractivity contribution in [2.24, 2.45) is 0 Å². The quantitative estimate of drug-likeness (QED) is 0.395.